The molecule has 13 heavy (non-hydrogen) atoms. The molecule has 1 aromatic rings. The van der Waals surface area contributed by atoms with Crippen LogP contribution in [0.1, 0.15) is 24.5 Å². The van der Waals surface area contributed by atoms with Crippen LogP contribution < -0.4 is 0 Å². The van der Waals surface area contributed by atoms with Gasteiger partial charge >= 0.3 is 0 Å². The summed E-state index contributed by atoms with van der Waals surface area (Å²) in [5.41, 5.74) is 2.53. The molecule has 1 rings (SSSR count). The molecular formula is C11H15BrO. The number of hydrogen-bond donors (Lipinski definition) is 1. The zero-order valence-electron chi connectivity index (χ0n) is 8.05. The SMILES string of the molecule is Cc1ccc(CCC(C)O)cc1Br. The Labute approximate surface area is 87.9 Å². The molecule has 0 fully saturated rings. The van der Waals surface area contributed by atoms with Crippen LogP contribution in [0.3, 0.4) is 0 Å². The van der Waals surface area contributed by atoms with Crippen LogP contribution in [0.5, 0.6) is 0 Å². The second kappa shape index (κ2) is 4.77. The lowest BCUT2D eigenvalue weighted by atomic mass is 10.1. The first-order valence-electron chi connectivity index (χ1n) is 4.52. The third-order valence-electron chi connectivity index (χ3n) is 2.09. The largest absolute Gasteiger partial charge is 0.393 e. The Bertz CT molecular complexity index is 281. The van der Waals surface area contributed by atoms with Crippen molar-refractivity contribution in [2.75, 3.05) is 0 Å². The summed E-state index contributed by atoms with van der Waals surface area (Å²) in [6, 6.07) is 6.33. The average Bonchev–Trinajstić information content (AvgIpc) is 2.07. The Morgan fingerprint density at radius 3 is 2.69 bits per heavy atom. The van der Waals surface area contributed by atoms with E-state index in [0.717, 1.165) is 17.3 Å². The first-order chi connectivity index (χ1) is 6.09. The summed E-state index contributed by atoms with van der Waals surface area (Å²) in [6.45, 7) is 3.89. The van der Waals surface area contributed by atoms with E-state index < -0.39 is 0 Å². The van der Waals surface area contributed by atoms with Crippen LogP contribution in [0, 0.1) is 6.92 Å². The number of halogens is 1. The lowest BCUT2D eigenvalue weighted by molar-refractivity contribution is 0.185. The molecular weight excluding hydrogens is 228 g/mol. The molecule has 1 unspecified atom stereocenters. The molecule has 0 radical (unpaired) electrons. The van der Waals surface area contributed by atoms with Crippen LogP contribution in [-0.4, -0.2) is 11.2 Å². The van der Waals surface area contributed by atoms with Crippen LogP contribution in [0.25, 0.3) is 0 Å². The predicted octanol–water partition coefficient (Wildman–Crippen LogP) is 3.07. The quantitative estimate of drug-likeness (QED) is 0.864. The molecule has 72 valence electrons. The van der Waals surface area contributed by atoms with E-state index in [4.69, 9.17) is 5.11 Å². The first kappa shape index (κ1) is 10.7. The maximum absolute atomic E-state index is 9.13. The van der Waals surface area contributed by atoms with Gasteiger partial charge < -0.3 is 5.11 Å². The topological polar surface area (TPSA) is 20.2 Å². The van der Waals surface area contributed by atoms with Gasteiger partial charge in [-0.05, 0) is 43.9 Å². The van der Waals surface area contributed by atoms with Gasteiger partial charge in [0, 0.05) is 4.47 Å². The summed E-state index contributed by atoms with van der Waals surface area (Å²) in [5.74, 6) is 0. The average molecular weight is 243 g/mol. The molecule has 1 aromatic carbocycles. The molecule has 0 aliphatic carbocycles. The van der Waals surface area contributed by atoms with E-state index in [1.165, 1.54) is 11.1 Å². The number of aliphatic hydroxyl groups excluding tert-OH is 1. The van der Waals surface area contributed by atoms with E-state index in [0.29, 0.717) is 0 Å². The first-order valence-corrected chi connectivity index (χ1v) is 5.32. The number of aliphatic hydroxyl groups is 1. The Kier molecular flexibility index (Phi) is 3.94. The van der Waals surface area contributed by atoms with E-state index in [2.05, 4.69) is 41.1 Å². The van der Waals surface area contributed by atoms with E-state index in [9.17, 15) is 0 Å². The zero-order valence-corrected chi connectivity index (χ0v) is 9.63. The van der Waals surface area contributed by atoms with Crippen LogP contribution in [-0.2, 0) is 6.42 Å². The van der Waals surface area contributed by atoms with Gasteiger partial charge in [-0.1, -0.05) is 28.1 Å². The van der Waals surface area contributed by atoms with E-state index >= 15 is 0 Å². The minimum Gasteiger partial charge on any atom is -0.393 e. The van der Waals surface area contributed by atoms with Gasteiger partial charge in [0.15, 0.2) is 0 Å². The van der Waals surface area contributed by atoms with Gasteiger partial charge in [0.05, 0.1) is 6.10 Å². The van der Waals surface area contributed by atoms with E-state index in [-0.39, 0.29) is 6.10 Å². The van der Waals surface area contributed by atoms with Crippen molar-refractivity contribution in [1.82, 2.24) is 0 Å². The molecule has 1 nitrogen and oxygen atoms in total. The fourth-order valence-electron chi connectivity index (χ4n) is 1.17. The van der Waals surface area contributed by atoms with Gasteiger partial charge in [-0.25, -0.2) is 0 Å². The standard InChI is InChI=1S/C11H15BrO/c1-8-3-5-10(7-11(8)12)6-4-9(2)13/h3,5,7,9,13H,4,6H2,1-2H3. The summed E-state index contributed by atoms with van der Waals surface area (Å²) >= 11 is 3.49. The van der Waals surface area contributed by atoms with Crippen molar-refractivity contribution in [1.29, 1.82) is 0 Å². The highest BCUT2D eigenvalue weighted by molar-refractivity contribution is 9.10. The number of hydrogen-bond acceptors (Lipinski definition) is 1. The number of rotatable bonds is 3. The van der Waals surface area contributed by atoms with Crippen molar-refractivity contribution in [2.45, 2.75) is 32.8 Å². The molecule has 0 amide bonds. The highest BCUT2D eigenvalue weighted by Crippen LogP contribution is 2.18. The van der Waals surface area contributed by atoms with Crippen molar-refractivity contribution >= 4 is 15.9 Å². The van der Waals surface area contributed by atoms with Gasteiger partial charge in [0.1, 0.15) is 0 Å². The lowest BCUT2D eigenvalue weighted by Gasteiger charge is -2.05. The van der Waals surface area contributed by atoms with Gasteiger partial charge in [0.25, 0.3) is 0 Å². The molecule has 1 N–H and O–H groups in total. The molecule has 0 aliphatic rings. The molecule has 1 atom stereocenters. The van der Waals surface area contributed by atoms with Gasteiger partial charge in [-0.15, -0.1) is 0 Å². The van der Waals surface area contributed by atoms with Crippen molar-refractivity contribution in [3.8, 4) is 0 Å². The van der Waals surface area contributed by atoms with Crippen LogP contribution in [0.2, 0.25) is 0 Å². The monoisotopic (exact) mass is 242 g/mol. The Morgan fingerprint density at radius 2 is 2.15 bits per heavy atom. The van der Waals surface area contributed by atoms with Crippen LogP contribution in [0.15, 0.2) is 22.7 Å². The Hall–Kier alpha value is -0.340. The summed E-state index contributed by atoms with van der Waals surface area (Å²) in [4.78, 5) is 0. The highest BCUT2D eigenvalue weighted by Gasteiger charge is 2.00. The summed E-state index contributed by atoms with van der Waals surface area (Å²) in [5, 5.41) is 9.13. The fourth-order valence-corrected chi connectivity index (χ4v) is 1.59. The third-order valence-corrected chi connectivity index (χ3v) is 2.94. The predicted molar refractivity (Wildman–Crippen MR) is 58.9 cm³/mol. The summed E-state index contributed by atoms with van der Waals surface area (Å²) in [6.07, 6.45) is 1.56. The molecule has 0 aromatic heterocycles. The van der Waals surface area contributed by atoms with Crippen molar-refractivity contribution in [2.24, 2.45) is 0 Å². The number of aryl methyl sites for hydroxylation is 2. The second-order valence-electron chi connectivity index (χ2n) is 3.47. The second-order valence-corrected chi connectivity index (χ2v) is 4.33. The number of benzene rings is 1. The van der Waals surface area contributed by atoms with Crippen LogP contribution >= 0.6 is 15.9 Å². The smallest absolute Gasteiger partial charge is 0.0515 e. The minimum absolute atomic E-state index is 0.208. The maximum Gasteiger partial charge on any atom is 0.0515 e. The van der Waals surface area contributed by atoms with Gasteiger partial charge in [-0.3, -0.25) is 0 Å². The molecule has 0 saturated heterocycles. The molecule has 2 heteroatoms. The van der Waals surface area contributed by atoms with Crippen molar-refractivity contribution in [3.63, 3.8) is 0 Å². The summed E-state index contributed by atoms with van der Waals surface area (Å²) in [7, 11) is 0. The van der Waals surface area contributed by atoms with Gasteiger partial charge in [0.2, 0.25) is 0 Å². The molecule has 0 saturated carbocycles. The van der Waals surface area contributed by atoms with Crippen molar-refractivity contribution < 1.29 is 5.11 Å². The van der Waals surface area contributed by atoms with Crippen LogP contribution in [0.4, 0.5) is 0 Å². The van der Waals surface area contributed by atoms with E-state index in [1.807, 2.05) is 6.92 Å². The molecule has 0 heterocycles. The van der Waals surface area contributed by atoms with Gasteiger partial charge in [-0.2, -0.15) is 0 Å². The maximum atomic E-state index is 9.13. The molecule has 0 spiro atoms. The highest BCUT2D eigenvalue weighted by atomic mass is 79.9. The Balaban J connectivity index is 2.63. The lowest BCUT2D eigenvalue weighted by Crippen LogP contribution is -2.01. The fraction of sp³-hybridized carbons (Fsp3) is 0.455. The third kappa shape index (κ3) is 3.49. The zero-order chi connectivity index (χ0) is 9.84. The minimum atomic E-state index is -0.208. The van der Waals surface area contributed by atoms with E-state index in [1.54, 1.807) is 0 Å². The summed E-state index contributed by atoms with van der Waals surface area (Å²) < 4.78 is 1.15. The van der Waals surface area contributed by atoms with Crippen molar-refractivity contribution in [3.05, 3.63) is 33.8 Å². The molecule has 0 aliphatic heterocycles. The molecule has 0 bridgehead atoms. The Morgan fingerprint density at radius 1 is 1.46 bits per heavy atom. The normalized spacial score (nSPS) is 12.9.